The van der Waals surface area contributed by atoms with Gasteiger partial charge < -0.3 is 5.32 Å². The van der Waals surface area contributed by atoms with Crippen molar-refractivity contribution in [3.63, 3.8) is 0 Å². The molecule has 1 aliphatic heterocycles. The van der Waals surface area contributed by atoms with Gasteiger partial charge in [-0.25, -0.2) is 0 Å². The summed E-state index contributed by atoms with van der Waals surface area (Å²) in [6.45, 7) is 3.77. The Morgan fingerprint density at radius 2 is 1.92 bits per heavy atom. The topological polar surface area (TPSA) is 29.1 Å². The molecule has 2 fully saturated rings. The van der Waals surface area contributed by atoms with Crippen LogP contribution in [0.4, 0.5) is 0 Å². The Labute approximate surface area is 79.4 Å². The molecule has 0 aromatic carbocycles. The molecule has 2 heteroatoms. The van der Waals surface area contributed by atoms with E-state index in [1.807, 2.05) is 0 Å². The highest BCUT2D eigenvalue weighted by Gasteiger charge is 2.31. The molecule has 0 radical (unpaired) electrons. The maximum absolute atomic E-state index is 11.2. The van der Waals surface area contributed by atoms with Crippen LogP contribution < -0.4 is 5.32 Å². The van der Waals surface area contributed by atoms with Crippen molar-refractivity contribution in [2.45, 2.75) is 44.6 Å². The number of carbonyl (C=O) groups excluding carboxylic acids is 1. The summed E-state index contributed by atoms with van der Waals surface area (Å²) in [6.07, 6.45) is 7.51. The third-order valence-corrected chi connectivity index (χ3v) is 3.32. The summed E-state index contributed by atoms with van der Waals surface area (Å²) in [7, 11) is 0. The smallest absolute Gasteiger partial charge is 0.246 e. The number of hydrogen-bond donors (Lipinski definition) is 1. The fraction of sp³-hybridized carbons (Fsp3) is 0.727. The van der Waals surface area contributed by atoms with E-state index in [0.29, 0.717) is 6.04 Å². The van der Waals surface area contributed by atoms with Gasteiger partial charge >= 0.3 is 0 Å². The van der Waals surface area contributed by atoms with Crippen LogP contribution in [0.1, 0.15) is 38.5 Å². The van der Waals surface area contributed by atoms with Crippen LogP contribution in [-0.4, -0.2) is 11.9 Å². The average Bonchev–Trinajstić information content (AvgIpc) is 2.49. The van der Waals surface area contributed by atoms with Gasteiger partial charge in [0, 0.05) is 11.6 Å². The molecule has 72 valence electrons. The van der Waals surface area contributed by atoms with Gasteiger partial charge in [0.2, 0.25) is 5.91 Å². The first-order chi connectivity index (χ1) is 6.27. The van der Waals surface area contributed by atoms with Crippen LogP contribution in [0.5, 0.6) is 0 Å². The third-order valence-electron chi connectivity index (χ3n) is 3.32. The van der Waals surface area contributed by atoms with Gasteiger partial charge in [0.1, 0.15) is 0 Å². The summed E-state index contributed by atoms with van der Waals surface area (Å²) in [5, 5.41) is 3.03. The van der Waals surface area contributed by atoms with Crippen LogP contribution in [0.2, 0.25) is 0 Å². The zero-order valence-corrected chi connectivity index (χ0v) is 8.01. The molecule has 1 saturated heterocycles. The van der Waals surface area contributed by atoms with E-state index in [-0.39, 0.29) is 5.91 Å². The highest BCUT2D eigenvalue weighted by atomic mass is 16.2. The Kier molecular flexibility index (Phi) is 2.38. The Balaban J connectivity index is 1.94. The average molecular weight is 179 g/mol. The first-order valence-corrected chi connectivity index (χ1v) is 5.26. The largest absolute Gasteiger partial charge is 0.349 e. The molecule has 0 aromatic heterocycles. The van der Waals surface area contributed by atoms with Gasteiger partial charge in [0.25, 0.3) is 0 Å². The molecule has 2 rings (SSSR count). The van der Waals surface area contributed by atoms with Gasteiger partial charge in [-0.2, -0.15) is 0 Å². The lowest BCUT2D eigenvalue weighted by molar-refractivity contribution is -0.116. The van der Waals surface area contributed by atoms with Gasteiger partial charge in [0.15, 0.2) is 0 Å². The zero-order valence-electron chi connectivity index (χ0n) is 8.01. The summed E-state index contributed by atoms with van der Waals surface area (Å²) in [6, 6.07) is 0.403. The molecule has 1 unspecified atom stereocenters. The van der Waals surface area contributed by atoms with Crippen molar-refractivity contribution in [2.24, 2.45) is 5.92 Å². The summed E-state index contributed by atoms with van der Waals surface area (Å²) >= 11 is 0. The molecule has 1 aliphatic carbocycles. The SMILES string of the molecule is C=C1CC(C2CCCCC2)NC1=O. The maximum atomic E-state index is 11.2. The maximum Gasteiger partial charge on any atom is 0.246 e. The number of nitrogens with one attached hydrogen (secondary N) is 1. The fourth-order valence-corrected chi connectivity index (χ4v) is 2.50. The molecule has 1 N–H and O–H groups in total. The molecular formula is C11H17NO. The minimum absolute atomic E-state index is 0.0792. The summed E-state index contributed by atoms with van der Waals surface area (Å²) in [5.41, 5.74) is 0.774. The van der Waals surface area contributed by atoms with E-state index in [4.69, 9.17) is 0 Å². The lowest BCUT2D eigenvalue weighted by Crippen LogP contribution is -2.33. The molecule has 0 spiro atoms. The molecule has 1 amide bonds. The molecule has 1 saturated carbocycles. The van der Waals surface area contributed by atoms with Crippen molar-refractivity contribution in [3.05, 3.63) is 12.2 Å². The summed E-state index contributed by atoms with van der Waals surface area (Å²) in [4.78, 5) is 11.2. The molecule has 0 bridgehead atoms. The molecule has 1 heterocycles. The minimum atomic E-state index is 0.0792. The summed E-state index contributed by atoms with van der Waals surface area (Å²) < 4.78 is 0. The second-order valence-electron chi connectivity index (χ2n) is 4.29. The predicted octanol–water partition coefficient (Wildman–Crippen LogP) is 2.01. The first-order valence-electron chi connectivity index (χ1n) is 5.26. The monoisotopic (exact) mass is 179 g/mol. The van der Waals surface area contributed by atoms with Gasteiger partial charge in [-0.15, -0.1) is 0 Å². The molecule has 2 nitrogen and oxygen atoms in total. The van der Waals surface area contributed by atoms with Crippen molar-refractivity contribution in [1.82, 2.24) is 5.32 Å². The first kappa shape index (κ1) is 8.79. The van der Waals surface area contributed by atoms with E-state index in [2.05, 4.69) is 11.9 Å². The normalized spacial score (nSPS) is 30.6. The molecule has 0 aromatic rings. The third kappa shape index (κ3) is 1.77. The van der Waals surface area contributed by atoms with Crippen LogP contribution in [0.15, 0.2) is 12.2 Å². The lowest BCUT2D eigenvalue weighted by atomic mass is 9.83. The molecule has 2 aliphatic rings. The Morgan fingerprint density at radius 3 is 2.46 bits per heavy atom. The minimum Gasteiger partial charge on any atom is -0.349 e. The quantitative estimate of drug-likeness (QED) is 0.613. The Morgan fingerprint density at radius 1 is 1.23 bits per heavy atom. The van der Waals surface area contributed by atoms with Crippen molar-refractivity contribution >= 4 is 5.91 Å². The van der Waals surface area contributed by atoms with Crippen molar-refractivity contribution in [3.8, 4) is 0 Å². The highest BCUT2D eigenvalue weighted by molar-refractivity contribution is 5.95. The van der Waals surface area contributed by atoms with Crippen molar-refractivity contribution in [1.29, 1.82) is 0 Å². The Bertz CT molecular complexity index is 212. The standard InChI is InChI=1S/C11H17NO/c1-8-7-10(12-11(8)13)9-5-3-2-4-6-9/h9-10H,1-7H2,(H,12,13). The van der Waals surface area contributed by atoms with E-state index in [1.54, 1.807) is 0 Å². The van der Waals surface area contributed by atoms with E-state index in [0.717, 1.165) is 17.9 Å². The van der Waals surface area contributed by atoms with Crippen LogP contribution in [-0.2, 0) is 4.79 Å². The van der Waals surface area contributed by atoms with Crippen LogP contribution in [0.3, 0.4) is 0 Å². The second kappa shape index (κ2) is 3.52. The Hall–Kier alpha value is -0.790. The van der Waals surface area contributed by atoms with Crippen molar-refractivity contribution in [2.75, 3.05) is 0 Å². The molecule has 1 atom stereocenters. The van der Waals surface area contributed by atoms with Gasteiger partial charge in [-0.05, 0) is 25.2 Å². The molecular weight excluding hydrogens is 162 g/mol. The van der Waals surface area contributed by atoms with E-state index in [1.165, 1.54) is 32.1 Å². The number of amides is 1. The van der Waals surface area contributed by atoms with E-state index < -0.39 is 0 Å². The van der Waals surface area contributed by atoms with Crippen molar-refractivity contribution < 1.29 is 4.79 Å². The molecule has 13 heavy (non-hydrogen) atoms. The van der Waals surface area contributed by atoms with E-state index in [9.17, 15) is 4.79 Å². The van der Waals surface area contributed by atoms with Crippen LogP contribution in [0, 0.1) is 5.92 Å². The van der Waals surface area contributed by atoms with Crippen LogP contribution in [0.25, 0.3) is 0 Å². The number of carbonyl (C=O) groups is 1. The van der Waals surface area contributed by atoms with Gasteiger partial charge in [-0.1, -0.05) is 25.8 Å². The number of hydrogen-bond acceptors (Lipinski definition) is 1. The van der Waals surface area contributed by atoms with Gasteiger partial charge in [-0.3, -0.25) is 4.79 Å². The predicted molar refractivity (Wildman–Crippen MR) is 52.3 cm³/mol. The summed E-state index contributed by atoms with van der Waals surface area (Å²) in [5.74, 6) is 0.799. The fourth-order valence-electron chi connectivity index (χ4n) is 2.50. The lowest BCUT2D eigenvalue weighted by Gasteiger charge is -2.26. The number of rotatable bonds is 1. The highest BCUT2D eigenvalue weighted by Crippen LogP contribution is 2.31. The van der Waals surface area contributed by atoms with Gasteiger partial charge in [0.05, 0.1) is 0 Å². The van der Waals surface area contributed by atoms with E-state index >= 15 is 0 Å². The second-order valence-corrected chi connectivity index (χ2v) is 4.29. The zero-order chi connectivity index (χ0) is 9.26. The van der Waals surface area contributed by atoms with Crippen LogP contribution >= 0.6 is 0 Å².